The molecule has 0 aromatic heterocycles. The number of rotatable bonds is 3. The summed E-state index contributed by atoms with van der Waals surface area (Å²) < 4.78 is 0.0704. The molecule has 1 rings (SSSR count). The number of amides is 1. The van der Waals surface area contributed by atoms with Crippen LogP contribution in [0.1, 0.15) is 35.3 Å². The minimum absolute atomic E-state index is 0.0704. The van der Waals surface area contributed by atoms with Crippen LogP contribution in [0.2, 0.25) is 0 Å². The number of carbonyl (C=O) groups excluding carboxylic acids is 1. The number of benzene rings is 1. The van der Waals surface area contributed by atoms with Gasteiger partial charge < -0.3 is 5.73 Å². The SMILES string of the molecule is CSC(C)(C)c1ccc(C(N)=O)c(C)c1. The van der Waals surface area contributed by atoms with Crippen molar-refractivity contribution in [2.75, 3.05) is 6.26 Å². The Labute approximate surface area is 95.2 Å². The molecule has 0 heterocycles. The van der Waals surface area contributed by atoms with Gasteiger partial charge in [0.1, 0.15) is 0 Å². The summed E-state index contributed by atoms with van der Waals surface area (Å²) in [6, 6.07) is 5.82. The second kappa shape index (κ2) is 4.27. The Morgan fingerprint density at radius 1 is 1.40 bits per heavy atom. The van der Waals surface area contributed by atoms with Gasteiger partial charge in [-0.3, -0.25) is 4.79 Å². The first-order valence-corrected chi connectivity index (χ1v) is 6.07. The van der Waals surface area contributed by atoms with E-state index in [-0.39, 0.29) is 10.7 Å². The lowest BCUT2D eigenvalue weighted by Gasteiger charge is -2.23. The molecule has 1 aromatic rings. The van der Waals surface area contributed by atoms with Crippen LogP contribution in [-0.2, 0) is 4.75 Å². The summed E-state index contributed by atoms with van der Waals surface area (Å²) >= 11 is 1.79. The van der Waals surface area contributed by atoms with E-state index in [1.807, 2.05) is 25.1 Å². The van der Waals surface area contributed by atoms with Crippen molar-refractivity contribution in [3.8, 4) is 0 Å². The number of primary amides is 1. The van der Waals surface area contributed by atoms with Gasteiger partial charge in [0.05, 0.1) is 0 Å². The Bertz CT molecular complexity index is 385. The van der Waals surface area contributed by atoms with Crippen LogP contribution in [0.4, 0.5) is 0 Å². The first kappa shape index (κ1) is 12.1. The predicted octanol–water partition coefficient (Wildman–Crippen LogP) is 2.69. The first-order valence-electron chi connectivity index (χ1n) is 4.84. The average molecular weight is 223 g/mol. The minimum atomic E-state index is -0.360. The van der Waals surface area contributed by atoms with Gasteiger partial charge in [-0.15, -0.1) is 0 Å². The summed E-state index contributed by atoms with van der Waals surface area (Å²) in [7, 11) is 0. The molecule has 3 heteroatoms. The monoisotopic (exact) mass is 223 g/mol. The lowest BCUT2D eigenvalue weighted by atomic mass is 9.97. The van der Waals surface area contributed by atoms with Crippen LogP contribution >= 0.6 is 11.8 Å². The van der Waals surface area contributed by atoms with E-state index in [1.54, 1.807) is 11.8 Å². The largest absolute Gasteiger partial charge is 0.366 e. The topological polar surface area (TPSA) is 43.1 Å². The Balaban J connectivity index is 3.18. The summed E-state index contributed by atoms with van der Waals surface area (Å²) in [6.07, 6.45) is 2.08. The molecule has 0 fully saturated rings. The lowest BCUT2D eigenvalue weighted by Crippen LogP contribution is -2.15. The van der Waals surface area contributed by atoms with Crippen molar-refractivity contribution in [3.05, 3.63) is 34.9 Å². The van der Waals surface area contributed by atoms with Gasteiger partial charge in [-0.2, -0.15) is 11.8 Å². The summed E-state index contributed by atoms with van der Waals surface area (Å²) in [5.41, 5.74) is 8.04. The fraction of sp³-hybridized carbons (Fsp3) is 0.417. The molecule has 0 radical (unpaired) electrons. The van der Waals surface area contributed by atoms with E-state index in [0.29, 0.717) is 5.56 Å². The Morgan fingerprint density at radius 3 is 2.40 bits per heavy atom. The molecule has 0 bridgehead atoms. The van der Waals surface area contributed by atoms with Crippen LogP contribution < -0.4 is 5.73 Å². The van der Waals surface area contributed by atoms with Crippen LogP contribution in [0.25, 0.3) is 0 Å². The van der Waals surface area contributed by atoms with Crippen molar-refractivity contribution >= 4 is 17.7 Å². The van der Waals surface area contributed by atoms with Crippen LogP contribution in [0.15, 0.2) is 18.2 Å². The third-order valence-electron chi connectivity index (χ3n) is 2.70. The maximum atomic E-state index is 11.1. The van der Waals surface area contributed by atoms with Crippen molar-refractivity contribution in [1.29, 1.82) is 0 Å². The zero-order chi connectivity index (χ0) is 11.6. The standard InChI is InChI=1S/C12H17NOS/c1-8-7-9(12(2,3)15-4)5-6-10(8)11(13)14/h5-7H,1-4H3,(H2,13,14). The molecule has 0 saturated heterocycles. The van der Waals surface area contributed by atoms with Gasteiger partial charge in [0, 0.05) is 10.3 Å². The van der Waals surface area contributed by atoms with Crippen molar-refractivity contribution in [2.24, 2.45) is 5.73 Å². The van der Waals surface area contributed by atoms with Gasteiger partial charge in [0.25, 0.3) is 0 Å². The van der Waals surface area contributed by atoms with Crippen LogP contribution in [0, 0.1) is 6.92 Å². The number of carbonyl (C=O) groups is 1. The summed E-state index contributed by atoms with van der Waals surface area (Å²) in [5.74, 6) is -0.360. The van der Waals surface area contributed by atoms with Gasteiger partial charge in [0.2, 0.25) is 5.91 Å². The van der Waals surface area contributed by atoms with E-state index in [1.165, 1.54) is 5.56 Å². The van der Waals surface area contributed by atoms with Crippen molar-refractivity contribution in [1.82, 2.24) is 0 Å². The zero-order valence-corrected chi connectivity index (χ0v) is 10.4. The summed E-state index contributed by atoms with van der Waals surface area (Å²) in [4.78, 5) is 11.1. The number of nitrogens with two attached hydrogens (primary N) is 1. The molecule has 0 spiro atoms. The predicted molar refractivity (Wildman–Crippen MR) is 66.2 cm³/mol. The van der Waals surface area contributed by atoms with Crippen molar-refractivity contribution in [3.63, 3.8) is 0 Å². The Hall–Kier alpha value is -0.960. The Morgan fingerprint density at radius 2 is 2.00 bits per heavy atom. The minimum Gasteiger partial charge on any atom is -0.366 e. The summed E-state index contributed by atoms with van der Waals surface area (Å²) in [6.45, 7) is 6.24. The molecule has 0 aliphatic rings. The third-order valence-corrected chi connectivity index (χ3v) is 3.95. The normalized spacial score (nSPS) is 11.5. The van der Waals surface area contributed by atoms with E-state index >= 15 is 0 Å². The zero-order valence-electron chi connectivity index (χ0n) is 9.63. The maximum Gasteiger partial charge on any atom is 0.248 e. The number of aryl methyl sites for hydroxylation is 1. The molecule has 15 heavy (non-hydrogen) atoms. The smallest absolute Gasteiger partial charge is 0.248 e. The lowest BCUT2D eigenvalue weighted by molar-refractivity contribution is 0.0999. The van der Waals surface area contributed by atoms with E-state index in [9.17, 15) is 4.79 Å². The molecule has 0 atom stereocenters. The fourth-order valence-electron chi connectivity index (χ4n) is 1.43. The molecule has 82 valence electrons. The van der Waals surface area contributed by atoms with E-state index in [0.717, 1.165) is 5.56 Å². The molecule has 2 N–H and O–H groups in total. The van der Waals surface area contributed by atoms with E-state index in [4.69, 9.17) is 5.73 Å². The molecule has 0 aliphatic heterocycles. The molecule has 2 nitrogen and oxygen atoms in total. The first-order chi connectivity index (χ1) is 6.88. The van der Waals surface area contributed by atoms with Gasteiger partial charge in [-0.1, -0.05) is 12.1 Å². The quantitative estimate of drug-likeness (QED) is 0.856. The van der Waals surface area contributed by atoms with Crippen molar-refractivity contribution < 1.29 is 4.79 Å². The van der Waals surface area contributed by atoms with Crippen LogP contribution in [-0.4, -0.2) is 12.2 Å². The van der Waals surface area contributed by atoms with Crippen LogP contribution in [0.5, 0.6) is 0 Å². The highest BCUT2D eigenvalue weighted by Crippen LogP contribution is 2.34. The van der Waals surface area contributed by atoms with Gasteiger partial charge in [-0.25, -0.2) is 0 Å². The highest BCUT2D eigenvalue weighted by molar-refractivity contribution is 7.99. The molecule has 0 aliphatic carbocycles. The third kappa shape index (κ3) is 2.53. The molecule has 0 unspecified atom stereocenters. The van der Waals surface area contributed by atoms with E-state index < -0.39 is 0 Å². The Kier molecular flexibility index (Phi) is 3.45. The molecular weight excluding hydrogens is 206 g/mol. The highest BCUT2D eigenvalue weighted by atomic mass is 32.2. The number of thioether (sulfide) groups is 1. The number of hydrogen-bond donors (Lipinski definition) is 1. The van der Waals surface area contributed by atoms with Gasteiger partial charge >= 0.3 is 0 Å². The van der Waals surface area contributed by atoms with Gasteiger partial charge in [0.15, 0.2) is 0 Å². The van der Waals surface area contributed by atoms with E-state index in [2.05, 4.69) is 20.1 Å². The molecule has 1 aromatic carbocycles. The van der Waals surface area contributed by atoms with Crippen LogP contribution in [0.3, 0.4) is 0 Å². The maximum absolute atomic E-state index is 11.1. The fourth-order valence-corrected chi connectivity index (χ4v) is 1.80. The molecule has 1 amide bonds. The van der Waals surface area contributed by atoms with Crippen molar-refractivity contribution in [2.45, 2.75) is 25.5 Å². The summed E-state index contributed by atoms with van der Waals surface area (Å²) in [5, 5.41) is 0. The second-order valence-electron chi connectivity index (χ2n) is 4.11. The molecular formula is C12H17NOS. The second-order valence-corrected chi connectivity index (χ2v) is 5.54. The van der Waals surface area contributed by atoms with Gasteiger partial charge in [-0.05, 0) is 44.2 Å². The number of hydrogen-bond acceptors (Lipinski definition) is 2. The highest BCUT2D eigenvalue weighted by Gasteiger charge is 2.19. The average Bonchev–Trinajstić information content (AvgIpc) is 2.17. The molecule has 0 saturated carbocycles.